The van der Waals surface area contributed by atoms with Gasteiger partial charge in [0, 0.05) is 18.6 Å². The summed E-state index contributed by atoms with van der Waals surface area (Å²) in [6.07, 6.45) is 3.96. The second-order valence-corrected chi connectivity index (χ2v) is 7.34. The maximum Gasteiger partial charge on any atom is 0.191 e. The van der Waals surface area contributed by atoms with Gasteiger partial charge in [-0.3, -0.25) is 4.90 Å². The molecular weight excluding hydrogens is 312 g/mol. The quantitative estimate of drug-likeness (QED) is 0.524. The molecule has 140 valence electrons. The first-order valence-electron chi connectivity index (χ1n) is 9.51. The number of piperidine rings is 1. The van der Waals surface area contributed by atoms with Crippen molar-refractivity contribution in [1.29, 1.82) is 0 Å². The van der Waals surface area contributed by atoms with E-state index < -0.39 is 0 Å². The normalized spacial score (nSPS) is 16.7. The number of aliphatic imine (C=N–C) groups is 1. The van der Waals surface area contributed by atoms with Crippen molar-refractivity contribution in [2.24, 2.45) is 4.99 Å². The minimum absolute atomic E-state index is 0.0532. The Labute approximate surface area is 152 Å². The van der Waals surface area contributed by atoms with Gasteiger partial charge in [-0.15, -0.1) is 0 Å². The molecular formula is C20H34N4O. The van der Waals surface area contributed by atoms with Gasteiger partial charge < -0.3 is 15.7 Å². The fourth-order valence-corrected chi connectivity index (χ4v) is 3.28. The van der Waals surface area contributed by atoms with Crippen LogP contribution >= 0.6 is 0 Å². The van der Waals surface area contributed by atoms with E-state index in [0.717, 1.165) is 30.2 Å². The van der Waals surface area contributed by atoms with Crippen molar-refractivity contribution in [3.8, 4) is 0 Å². The largest absolute Gasteiger partial charge is 0.392 e. The molecule has 5 nitrogen and oxygen atoms in total. The van der Waals surface area contributed by atoms with Crippen LogP contribution in [-0.2, 0) is 13.2 Å². The summed E-state index contributed by atoms with van der Waals surface area (Å²) in [5.41, 5.74) is 2.12. The SMILES string of the molecule is CCNC(=NCc1ccccc1CO)NCC(C)(C)N1CCCCC1. The fourth-order valence-electron chi connectivity index (χ4n) is 3.28. The van der Waals surface area contributed by atoms with Gasteiger partial charge in [-0.05, 0) is 57.8 Å². The number of hydrogen-bond acceptors (Lipinski definition) is 3. The van der Waals surface area contributed by atoms with Gasteiger partial charge in [0.25, 0.3) is 0 Å². The minimum Gasteiger partial charge on any atom is -0.392 e. The summed E-state index contributed by atoms with van der Waals surface area (Å²) in [6.45, 7) is 11.4. The smallest absolute Gasteiger partial charge is 0.191 e. The number of hydrogen-bond donors (Lipinski definition) is 3. The van der Waals surface area contributed by atoms with Gasteiger partial charge >= 0.3 is 0 Å². The summed E-state index contributed by atoms with van der Waals surface area (Å²) in [4.78, 5) is 7.28. The highest BCUT2D eigenvalue weighted by molar-refractivity contribution is 5.79. The number of nitrogens with one attached hydrogen (secondary N) is 2. The highest BCUT2D eigenvalue weighted by atomic mass is 16.3. The number of benzene rings is 1. The monoisotopic (exact) mass is 346 g/mol. The van der Waals surface area contributed by atoms with Crippen molar-refractivity contribution in [1.82, 2.24) is 15.5 Å². The average molecular weight is 347 g/mol. The van der Waals surface area contributed by atoms with Crippen LogP contribution in [0.4, 0.5) is 0 Å². The predicted molar refractivity (Wildman–Crippen MR) is 105 cm³/mol. The second-order valence-electron chi connectivity index (χ2n) is 7.34. The Balaban J connectivity index is 1.97. The van der Waals surface area contributed by atoms with E-state index in [-0.39, 0.29) is 12.1 Å². The number of aliphatic hydroxyl groups excluding tert-OH is 1. The molecule has 0 aliphatic carbocycles. The Hall–Kier alpha value is -1.59. The standard InChI is InChI=1S/C20H34N4O/c1-4-21-19(22-14-17-10-6-7-11-18(17)15-25)23-16-20(2,3)24-12-8-5-9-13-24/h6-7,10-11,25H,4-5,8-9,12-16H2,1-3H3,(H2,21,22,23). The summed E-state index contributed by atoms with van der Waals surface area (Å²) < 4.78 is 0. The molecule has 0 radical (unpaired) electrons. The highest BCUT2D eigenvalue weighted by Crippen LogP contribution is 2.19. The van der Waals surface area contributed by atoms with Crippen LogP contribution < -0.4 is 10.6 Å². The van der Waals surface area contributed by atoms with E-state index in [1.807, 2.05) is 24.3 Å². The summed E-state index contributed by atoms with van der Waals surface area (Å²) in [7, 11) is 0. The van der Waals surface area contributed by atoms with E-state index in [0.29, 0.717) is 6.54 Å². The zero-order valence-corrected chi connectivity index (χ0v) is 16.0. The zero-order chi connectivity index (χ0) is 18.1. The molecule has 0 saturated carbocycles. The Bertz CT molecular complexity index is 550. The van der Waals surface area contributed by atoms with Gasteiger partial charge in [-0.25, -0.2) is 4.99 Å². The van der Waals surface area contributed by atoms with Gasteiger partial charge in [-0.2, -0.15) is 0 Å². The molecule has 0 spiro atoms. The molecule has 0 aromatic heterocycles. The molecule has 0 unspecified atom stereocenters. The van der Waals surface area contributed by atoms with E-state index in [1.54, 1.807) is 0 Å². The van der Waals surface area contributed by atoms with Crippen LogP contribution in [0.1, 0.15) is 51.2 Å². The van der Waals surface area contributed by atoms with E-state index in [1.165, 1.54) is 32.4 Å². The Kier molecular flexibility index (Phi) is 7.72. The maximum atomic E-state index is 9.46. The van der Waals surface area contributed by atoms with Crippen molar-refractivity contribution in [2.75, 3.05) is 26.2 Å². The van der Waals surface area contributed by atoms with Crippen molar-refractivity contribution < 1.29 is 5.11 Å². The topological polar surface area (TPSA) is 59.9 Å². The zero-order valence-electron chi connectivity index (χ0n) is 16.0. The second kappa shape index (κ2) is 9.78. The highest BCUT2D eigenvalue weighted by Gasteiger charge is 2.27. The number of aliphatic hydroxyl groups is 1. The van der Waals surface area contributed by atoms with Crippen molar-refractivity contribution in [3.63, 3.8) is 0 Å². The lowest BCUT2D eigenvalue weighted by Gasteiger charge is -2.41. The third kappa shape index (κ3) is 6.01. The summed E-state index contributed by atoms with van der Waals surface area (Å²) >= 11 is 0. The molecule has 1 fully saturated rings. The lowest BCUT2D eigenvalue weighted by Crippen LogP contribution is -2.54. The minimum atomic E-state index is 0.0532. The van der Waals surface area contributed by atoms with Gasteiger partial charge in [-0.1, -0.05) is 30.7 Å². The number of nitrogens with zero attached hydrogens (tertiary/aromatic N) is 2. The molecule has 0 bridgehead atoms. The Morgan fingerprint density at radius 3 is 2.44 bits per heavy atom. The third-order valence-electron chi connectivity index (χ3n) is 4.94. The van der Waals surface area contributed by atoms with Crippen molar-refractivity contribution in [2.45, 2.75) is 58.7 Å². The van der Waals surface area contributed by atoms with E-state index >= 15 is 0 Å². The molecule has 1 heterocycles. The lowest BCUT2D eigenvalue weighted by atomic mass is 9.98. The Morgan fingerprint density at radius 1 is 1.12 bits per heavy atom. The molecule has 3 N–H and O–H groups in total. The number of rotatable bonds is 7. The first-order chi connectivity index (χ1) is 12.1. The number of guanidine groups is 1. The molecule has 1 aromatic carbocycles. The van der Waals surface area contributed by atoms with Gasteiger partial charge in [0.15, 0.2) is 5.96 Å². The summed E-state index contributed by atoms with van der Waals surface area (Å²) in [5, 5.41) is 16.3. The van der Waals surface area contributed by atoms with Crippen LogP contribution in [0.5, 0.6) is 0 Å². The average Bonchev–Trinajstić information content (AvgIpc) is 2.65. The first kappa shape index (κ1) is 19.7. The van der Waals surface area contributed by atoms with E-state index in [4.69, 9.17) is 4.99 Å². The van der Waals surface area contributed by atoms with Crippen LogP contribution in [0.25, 0.3) is 0 Å². The van der Waals surface area contributed by atoms with E-state index in [9.17, 15) is 5.11 Å². The van der Waals surface area contributed by atoms with Crippen molar-refractivity contribution >= 4 is 5.96 Å². The maximum absolute atomic E-state index is 9.46. The predicted octanol–water partition coefficient (Wildman–Crippen LogP) is 2.50. The molecule has 2 rings (SSSR count). The van der Waals surface area contributed by atoms with E-state index in [2.05, 4.69) is 36.3 Å². The summed E-state index contributed by atoms with van der Waals surface area (Å²) in [6, 6.07) is 7.91. The molecule has 1 aliphatic heterocycles. The molecule has 25 heavy (non-hydrogen) atoms. The van der Waals surface area contributed by atoms with Gasteiger partial charge in [0.05, 0.1) is 13.2 Å². The van der Waals surface area contributed by atoms with Crippen molar-refractivity contribution in [3.05, 3.63) is 35.4 Å². The molecule has 1 aromatic rings. The Morgan fingerprint density at radius 2 is 1.80 bits per heavy atom. The van der Waals surface area contributed by atoms with Crippen LogP contribution in [0.3, 0.4) is 0 Å². The third-order valence-corrected chi connectivity index (χ3v) is 4.94. The van der Waals surface area contributed by atoms with Crippen LogP contribution in [0.2, 0.25) is 0 Å². The molecule has 0 atom stereocenters. The van der Waals surface area contributed by atoms with Gasteiger partial charge in [0.1, 0.15) is 0 Å². The van der Waals surface area contributed by atoms with Crippen LogP contribution in [0, 0.1) is 0 Å². The number of likely N-dealkylation sites (tertiary alicyclic amines) is 1. The van der Waals surface area contributed by atoms with Crippen LogP contribution in [0.15, 0.2) is 29.3 Å². The van der Waals surface area contributed by atoms with Crippen LogP contribution in [-0.4, -0.2) is 47.7 Å². The van der Waals surface area contributed by atoms with Gasteiger partial charge in [0.2, 0.25) is 0 Å². The molecule has 1 aliphatic rings. The fraction of sp³-hybridized carbons (Fsp3) is 0.650. The summed E-state index contributed by atoms with van der Waals surface area (Å²) in [5.74, 6) is 0.834. The molecule has 0 amide bonds. The first-order valence-corrected chi connectivity index (χ1v) is 9.51. The molecule has 5 heteroatoms. The molecule has 1 saturated heterocycles. The lowest BCUT2D eigenvalue weighted by molar-refractivity contribution is 0.0982.